The molecule has 0 unspecified atom stereocenters. The standard InChI is InChI=1S/C22H27N3O3/c1-13-16(14(2)24-21(27)17(13)12-23)8-10-20(26)25-18-11-15(22(3,4)5)7-9-19(18)28-6/h7,9,11H,8,10H2,1-6H3,(H,24,27)(H,25,26). The molecule has 6 heteroatoms. The van der Waals surface area contributed by atoms with Gasteiger partial charge in [-0.2, -0.15) is 5.26 Å². The number of nitriles is 1. The minimum atomic E-state index is -0.394. The van der Waals surface area contributed by atoms with Crippen molar-refractivity contribution >= 4 is 11.6 Å². The van der Waals surface area contributed by atoms with E-state index in [1.165, 1.54) is 0 Å². The maximum Gasteiger partial charge on any atom is 0.266 e. The van der Waals surface area contributed by atoms with Crippen molar-refractivity contribution in [3.8, 4) is 11.8 Å². The summed E-state index contributed by atoms with van der Waals surface area (Å²) >= 11 is 0. The minimum absolute atomic E-state index is 0.0520. The first-order valence-electron chi connectivity index (χ1n) is 9.19. The number of hydrogen-bond acceptors (Lipinski definition) is 4. The number of anilines is 1. The fourth-order valence-corrected chi connectivity index (χ4v) is 3.14. The number of ether oxygens (including phenoxy) is 1. The van der Waals surface area contributed by atoms with Crippen molar-refractivity contribution in [1.29, 1.82) is 5.26 Å². The van der Waals surface area contributed by atoms with Crippen molar-refractivity contribution < 1.29 is 9.53 Å². The maximum absolute atomic E-state index is 12.6. The number of methoxy groups -OCH3 is 1. The van der Waals surface area contributed by atoms with Gasteiger partial charge in [-0.15, -0.1) is 0 Å². The molecule has 0 atom stereocenters. The van der Waals surface area contributed by atoms with Gasteiger partial charge in [0, 0.05) is 12.1 Å². The molecule has 0 saturated heterocycles. The highest BCUT2D eigenvalue weighted by atomic mass is 16.5. The summed E-state index contributed by atoms with van der Waals surface area (Å²) in [6.07, 6.45) is 0.651. The minimum Gasteiger partial charge on any atom is -0.495 e. The second-order valence-corrected chi connectivity index (χ2v) is 7.88. The van der Waals surface area contributed by atoms with Gasteiger partial charge in [0.15, 0.2) is 0 Å². The van der Waals surface area contributed by atoms with Gasteiger partial charge in [0.1, 0.15) is 17.4 Å². The molecule has 2 rings (SSSR count). The molecule has 6 nitrogen and oxygen atoms in total. The number of H-pyrrole nitrogens is 1. The highest BCUT2D eigenvalue weighted by Gasteiger charge is 2.18. The molecule has 1 aromatic carbocycles. The van der Waals surface area contributed by atoms with Crippen LogP contribution in [0, 0.1) is 25.2 Å². The third-order valence-electron chi connectivity index (χ3n) is 4.86. The molecule has 0 radical (unpaired) electrons. The van der Waals surface area contributed by atoms with E-state index >= 15 is 0 Å². The molecule has 0 aliphatic carbocycles. The third kappa shape index (κ3) is 4.61. The Kier molecular flexibility index (Phi) is 6.30. The average molecular weight is 381 g/mol. The number of aryl methyl sites for hydroxylation is 1. The molecule has 0 bridgehead atoms. The van der Waals surface area contributed by atoms with Gasteiger partial charge in [0.2, 0.25) is 5.91 Å². The van der Waals surface area contributed by atoms with Crippen molar-refractivity contribution in [2.75, 3.05) is 12.4 Å². The third-order valence-corrected chi connectivity index (χ3v) is 4.86. The second-order valence-electron chi connectivity index (χ2n) is 7.88. The smallest absolute Gasteiger partial charge is 0.266 e. The van der Waals surface area contributed by atoms with Crippen LogP contribution in [-0.4, -0.2) is 18.0 Å². The highest BCUT2D eigenvalue weighted by molar-refractivity contribution is 5.92. The molecular formula is C22H27N3O3. The summed E-state index contributed by atoms with van der Waals surface area (Å²) in [4.78, 5) is 27.1. The molecule has 1 heterocycles. The molecule has 0 saturated carbocycles. The molecular weight excluding hydrogens is 354 g/mol. The number of nitrogens with zero attached hydrogens (tertiary/aromatic N) is 1. The van der Waals surface area contributed by atoms with Gasteiger partial charge in [0.05, 0.1) is 12.8 Å². The number of pyridine rings is 1. The summed E-state index contributed by atoms with van der Waals surface area (Å²) in [5.74, 6) is 0.442. The van der Waals surface area contributed by atoms with Gasteiger partial charge < -0.3 is 15.0 Å². The largest absolute Gasteiger partial charge is 0.495 e. The van der Waals surface area contributed by atoms with Crippen LogP contribution in [0.1, 0.15) is 55.1 Å². The molecule has 148 valence electrons. The van der Waals surface area contributed by atoms with E-state index in [2.05, 4.69) is 31.1 Å². The molecule has 2 N–H and O–H groups in total. The maximum atomic E-state index is 12.6. The fourth-order valence-electron chi connectivity index (χ4n) is 3.14. The molecule has 0 aliphatic heterocycles. The van der Waals surface area contributed by atoms with Crippen LogP contribution in [0.2, 0.25) is 0 Å². The van der Waals surface area contributed by atoms with Crippen LogP contribution >= 0.6 is 0 Å². The van der Waals surface area contributed by atoms with E-state index in [0.717, 1.165) is 11.1 Å². The summed E-state index contributed by atoms with van der Waals surface area (Å²) in [7, 11) is 1.57. The van der Waals surface area contributed by atoms with Crippen LogP contribution in [-0.2, 0) is 16.6 Å². The molecule has 0 spiro atoms. The Morgan fingerprint density at radius 1 is 1.29 bits per heavy atom. The van der Waals surface area contributed by atoms with Crippen molar-refractivity contribution in [1.82, 2.24) is 4.98 Å². The summed E-state index contributed by atoms with van der Waals surface area (Å²) in [5, 5.41) is 12.1. The lowest BCUT2D eigenvalue weighted by molar-refractivity contribution is -0.116. The lowest BCUT2D eigenvalue weighted by Crippen LogP contribution is -2.19. The van der Waals surface area contributed by atoms with Crippen LogP contribution < -0.4 is 15.6 Å². The molecule has 0 fully saturated rings. The lowest BCUT2D eigenvalue weighted by atomic mass is 9.87. The van der Waals surface area contributed by atoms with E-state index in [1.807, 2.05) is 24.3 Å². The fraction of sp³-hybridized carbons (Fsp3) is 0.409. The number of aromatic nitrogens is 1. The number of carbonyl (C=O) groups is 1. The number of amides is 1. The molecule has 28 heavy (non-hydrogen) atoms. The van der Waals surface area contributed by atoms with Crippen LogP contribution in [0.4, 0.5) is 5.69 Å². The van der Waals surface area contributed by atoms with Crippen molar-refractivity contribution in [3.05, 3.63) is 56.5 Å². The molecule has 2 aromatic rings. The Morgan fingerprint density at radius 3 is 2.54 bits per heavy atom. The van der Waals surface area contributed by atoms with E-state index < -0.39 is 5.56 Å². The zero-order valence-electron chi connectivity index (χ0n) is 17.3. The quantitative estimate of drug-likeness (QED) is 0.825. The summed E-state index contributed by atoms with van der Waals surface area (Å²) in [6, 6.07) is 7.71. The van der Waals surface area contributed by atoms with Gasteiger partial charge >= 0.3 is 0 Å². The first-order chi connectivity index (χ1) is 13.1. The summed E-state index contributed by atoms with van der Waals surface area (Å²) < 4.78 is 5.37. The number of hydrogen-bond donors (Lipinski definition) is 2. The monoisotopic (exact) mass is 381 g/mol. The van der Waals surface area contributed by atoms with Crippen molar-refractivity contribution in [2.45, 2.75) is 52.9 Å². The number of nitrogens with one attached hydrogen (secondary N) is 2. The Bertz CT molecular complexity index is 992. The Morgan fingerprint density at radius 2 is 1.96 bits per heavy atom. The van der Waals surface area contributed by atoms with Crippen molar-refractivity contribution in [3.63, 3.8) is 0 Å². The predicted octanol–water partition coefficient (Wildman–Crippen LogP) is 3.74. The molecule has 1 aromatic heterocycles. The van der Waals surface area contributed by atoms with Crippen LogP contribution in [0.3, 0.4) is 0 Å². The van der Waals surface area contributed by atoms with Gasteiger partial charge in [-0.25, -0.2) is 0 Å². The first-order valence-corrected chi connectivity index (χ1v) is 9.19. The van der Waals surface area contributed by atoms with E-state index in [9.17, 15) is 14.9 Å². The second kappa shape index (κ2) is 8.30. The molecule has 1 amide bonds. The van der Waals surface area contributed by atoms with E-state index in [-0.39, 0.29) is 23.3 Å². The Hall–Kier alpha value is -3.07. The van der Waals surface area contributed by atoms with Crippen LogP contribution in [0.5, 0.6) is 5.75 Å². The van der Waals surface area contributed by atoms with E-state index in [1.54, 1.807) is 21.0 Å². The summed E-state index contributed by atoms with van der Waals surface area (Å²) in [5.41, 5.74) is 3.51. The average Bonchev–Trinajstić information content (AvgIpc) is 2.60. The van der Waals surface area contributed by atoms with E-state index in [4.69, 9.17) is 4.74 Å². The zero-order valence-corrected chi connectivity index (χ0v) is 17.3. The number of carbonyl (C=O) groups excluding carboxylic acids is 1. The predicted molar refractivity (Wildman–Crippen MR) is 110 cm³/mol. The zero-order chi connectivity index (χ0) is 21.1. The normalized spacial score (nSPS) is 11.0. The lowest BCUT2D eigenvalue weighted by Gasteiger charge is -2.21. The van der Waals surface area contributed by atoms with Gasteiger partial charge in [0.25, 0.3) is 5.56 Å². The Balaban J connectivity index is 2.20. The van der Waals surface area contributed by atoms with Crippen LogP contribution in [0.15, 0.2) is 23.0 Å². The van der Waals surface area contributed by atoms with E-state index in [0.29, 0.717) is 29.1 Å². The first kappa shape index (κ1) is 21.2. The SMILES string of the molecule is COc1ccc(C(C)(C)C)cc1NC(=O)CCc1c(C)[nH]c(=O)c(C#N)c1C. The Labute approximate surface area is 165 Å². The topological polar surface area (TPSA) is 95.0 Å². The number of aromatic amines is 1. The van der Waals surface area contributed by atoms with Gasteiger partial charge in [-0.1, -0.05) is 26.8 Å². The van der Waals surface area contributed by atoms with Gasteiger partial charge in [-0.05, 0) is 54.5 Å². The van der Waals surface area contributed by atoms with Crippen LogP contribution in [0.25, 0.3) is 0 Å². The highest BCUT2D eigenvalue weighted by Crippen LogP contribution is 2.31. The van der Waals surface area contributed by atoms with Crippen molar-refractivity contribution in [2.24, 2.45) is 0 Å². The molecule has 0 aliphatic rings. The number of benzene rings is 1. The summed E-state index contributed by atoms with van der Waals surface area (Å²) in [6.45, 7) is 9.83. The van der Waals surface area contributed by atoms with Gasteiger partial charge in [-0.3, -0.25) is 9.59 Å². The number of rotatable bonds is 5.